The van der Waals surface area contributed by atoms with Gasteiger partial charge >= 0.3 is 0 Å². The van der Waals surface area contributed by atoms with Crippen LogP contribution in [0.1, 0.15) is 36.9 Å². The van der Waals surface area contributed by atoms with Crippen LogP contribution in [0.15, 0.2) is 53.0 Å². The Kier molecular flexibility index (Phi) is 5.99. The van der Waals surface area contributed by atoms with Crippen molar-refractivity contribution in [1.29, 1.82) is 0 Å². The van der Waals surface area contributed by atoms with Crippen molar-refractivity contribution in [2.45, 2.75) is 31.2 Å². The molecule has 0 heterocycles. The van der Waals surface area contributed by atoms with Crippen molar-refractivity contribution in [2.75, 3.05) is 20.2 Å². The van der Waals surface area contributed by atoms with E-state index >= 15 is 0 Å². The van der Waals surface area contributed by atoms with Crippen molar-refractivity contribution in [2.24, 2.45) is 0 Å². The molecule has 0 bridgehead atoms. The lowest BCUT2D eigenvalue weighted by molar-refractivity contribution is -0.120. The van der Waals surface area contributed by atoms with Gasteiger partial charge < -0.3 is 15.4 Å². The predicted molar refractivity (Wildman–Crippen MR) is 107 cm³/mol. The number of hydrogen-bond donors (Lipinski definition) is 2. The van der Waals surface area contributed by atoms with Crippen LogP contribution in [0.3, 0.4) is 0 Å². The maximum absolute atomic E-state index is 12.2. The van der Waals surface area contributed by atoms with E-state index in [1.54, 1.807) is 7.11 Å². The van der Waals surface area contributed by atoms with Gasteiger partial charge in [-0.15, -0.1) is 0 Å². The number of carbonyl (C=O) groups is 1. The Hall–Kier alpha value is -1.85. The first-order valence-electron chi connectivity index (χ1n) is 8.93. The number of ether oxygens (including phenoxy) is 1. The number of hydrogen-bond acceptors (Lipinski definition) is 3. The van der Waals surface area contributed by atoms with E-state index in [0.29, 0.717) is 13.1 Å². The Labute approximate surface area is 163 Å². The molecule has 0 aliphatic heterocycles. The summed E-state index contributed by atoms with van der Waals surface area (Å²) in [4.78, 5) is 12.2. The van der Waals surface area contributed by atoms with Gasteiger partial charge in [-0.1, -0.05) is 36.4 Å². The number of nitrogens with one attached hydrogen (secondary N) is 2. The van der Waals surface area contributed by atoms with E-state index in [0.717, 1.165) is 28.6 Å². The third kappa shape index (κ3) is 4.46. The molecule has 138 valence electrons. The second kappa shape index (κ2) is 8.23. The molecule has 2 aromatic carbocycles. The molecule has 2 N–H and O–H groups in total. The number of amides is 1. The molecule has 5 heteroatoms. The minimum absolute atomic E-state index is 0.0339. The molecule has 0 radical (unpaired) electrons. The van der Waals surface area contributed by atoms with E-state index in [2.05, 4.69) is 50.8 Å². The van der Waals surface area contributed by atoms with Crippen LogP contribution in [0.2, 0.25) is 0 Å². The van der Waals surface area contributed by atoms with Gasteiger partial charge in [0.05, 0.1) is 18.1 Å². The van der Waals surface area contributed by atoms with Gasteiger partial charge in [0.25, 0.3) is 0 Å². The first-order chi connectivity index (χ1) is 12.5. The van der Waals surface area contributed by atoms with Gasteiger partial charge in [-0.05, 0) is 59.0 Å². The van der Waals surface area contributed by atoms with Gasteiger partial charge in [-0.2, -0.15) is 0 Å². The van der Waals surface area contributed by atoms with E-state index in [4.69, 9.17) is 4.74 Å². The number of methoxy groups -OCH3 is 1. The first-order valence-corrected chi connectivity index (χ1v) is 9.72. The monoisotopic (exact) mass is 416 g/mol. The lowest BCUT2D eigenvalue weighted by atomic mass is 9.96. The average molecular weight is 417 g/mol. The van der Waals surface area contributed by atoms with Crippen molar-refractivity contribution in [3.63, 3.8) is 0 Å². The maximum Gasteiger partial charge on any atom is 0.234 e. The Morgan fingerprint density at radius 1 is 1.23 bits per heavy atom. The molecule has 1 amide bonds. The summed E-state index contributed by atoms with van der Waals surface area (Å²) >= 11 is 3.50. The summed E-state index contributed by atoms with van der Waals surface area (Å²) in [6.07, 6.45) is 2.28. The molecule has 0 aromatic heterocycles. The smallest absolute Gasteiger partial charge is 0.234 e. The summed E-state index contributed by atoms with van der Waals surface area (Å²) in [5, 5.41) is 6.38. The summed E-state index contributed by atoms with van der Waals surface area (Å²) in [6, 6.07) is 16.5. The van der Waals surface area contributed by atoms with Gasteiger partial charge in [-0.25, -0.2) is 0 Å². The minimum Gasteiger partial charge on any atom is -0.496 e. The lowest BCUT2D eigenvalue weighted by Gasteiger charge is -2.18. The van der Waals surface area contributed by atoms with E-state index < -0.39 is 0 Å². The Morgan fingerprint density at radius 2 is 1.96 bits per heavy atom. The van der Waals surface area contributed by atoms with Crippen LogP contribution in [0.4, 0.5) is 0 Å². The molecule has 1 unspecified atom stereocenters. The standard InChI is InChI=1S/C21H25BrN2O2/c1-15(16-8-9-19(26-2)18(22)12-16)23-13-20(25)24-14-21(10-11-21)17-6-4-3-5-7-17/h3-9,12,15,23H,10-11,13-14H2,1-2H3,(H,24,25). The highest BCUT2D eigenvalue weighted by atomic mass is 79.9. The van der Waals surface area contributed by atoms with Crippen LogP contribution >= 0.6 is 15.9 Å². The van der Waals surface area contributed by atoms with Crippen LogP contribution < -0.4 is 15.4 Å². The maximum atomic E-state index is 12.2. The molecule has 2 aromatic rings. The Bertz CT molecular complexity index is 760. The molecule has 0 spiro atoms. The summed E-state index contributed by atoms with van der Waals surface area (Å²) in [5.74, 6) is 0.834. The van der Waals surface area contributed by atoms with Crippen LogP contribution in [0.25, 0.3) is 0 Å². The zero-order chi connectivity index (χ0) is 18.6. The molecule has 1 fully saturated rings. The largest absolute Gasteiger partial charge is 0.496 e. The summed E-state index contributed by atoms with van der Waals surface area (Å²) in [6.45, 7) is 3.06. The fraction of sp³-hybridized carbons (Fsp3) is 0.381. The number of carbonyl (C=O) groups excluding carboxylic acids is 1. The lowest BCUT2D eigenvalue weighted by Crippen LogP contribution is -2.38. The molecular formula is C21H25BrN2O2. The van der Waals surface area contributed by atoms with Crippen molar-refractivity contribution < 1.29 is 9.53 Å². The third-order valence-corrected chi connectivity index (χ3v) is 5.73. The molecular weight excluding hydrogens is 392 g/mol. The third-order valence-electron chi connectivity index (χ3n) is 5.11. The summed E-state index contributed by atoms with van der Waals surface area (Å²) in [7, 11) is 1.65. The topological polar surface area (TPSA) is 50.4 Å². The van der Waals surface area contributed by atoms with Gasteiger partial charge in [0.15, 0.2) is 0 Å². The molecule has 0 saturated heterocycles. The average Bonchev–Trinajstić information content (AvgIpc) is 3.46. The van der Waals surface area contributed by atoms with E-state index in [9.17, 15) is 4.79 Å². The van der Waals surface area contributed by atoms with Crippen LogP contribution in [-0.4, -0.2) is 26.1 Å². The van der Waals surface area contributed by atoms with Crippen LogP contribution in [0.5, 0.6) is 5.75 Å². The fourth-order valence-corrected chi connectivity index (χ4v) is 3.71. The first kappa shape index (κ1) is 18.9. The van der Waals surface area contributed by atoms with Crippen LogP contribution in [-0.2, 0) is 10.2 Å². The predicted octanol–water partition coefficient (Wildman–Crippen LogP) is 3.96. The highest BCUT2D eigenvalue weighted by Crippen LogP contribution is 2.47. The molecule has 1 aliphatic rings. The second-order valence-electron chi connectivity index (χ2n) is 6.92. The normalized spacial score (nSPS) is 16.0. The van der Waals surface area contributed by atoms with Gasteiger partial charge in [0, 0.05) is 18.0 Å². The van der Waals surface area contributed by atoms with Crippen molar-refractivity contribution in [3.8, 4) is 5.75 Å². The van der Waals surface area contributed by atoms with E-state index in [1.165, 1.54) is 5.56 Å². The van der Waals surface area contributed by atoms with E-state index in [1.807, 2.05) is 31.2 Å². The molecule has 3 rings (SSSR count). The van der Waals surface area contributed by atoms with Crippen molar-refractivity contribution in [3.05, 3.63) is 64.1 Å². The van der Waals surface area contributed by atoms with Crippen LogP contribution in [0, 0.1) is 0 Å². The molecule has 4 nitrogen and oxygen atoms in total. The number of rotatable bonds is 8. The van der Waals surface area contributed by atoms with Crippen molar-refractivity contribution >= 4 is 21.8 Å². The molecule has 1 saturated carbocycles. The Balaban J connectivity index is 1.48. The number of benzene rings is 2. The number of halogens is 1. The highest BCUT2D eigenvalue weighted by molar-refractivity contribution is 9.10. The van der Waals surface area contributed by atoms with Gasteiger partial charge in [0.2, 0.25) is 5.91 Å². The molecule has 26 heavy (non-hydrogen) atoms. The fourth-order valence-electron chi connectivity index (χ4n) is 3.16. The highest BCUT2D eigenvalue weighted by Gasteiger charge is 2.44. The summed E-state index contributed by atoms with van der Waals surface area (Å²) < 4.78 is 6.16. The SMILES string of the molecule is COc1ccc(C(C)NCC(=O)NCC2(c3ccccc3)CC2)cc1Br. The zero-order valence-electron chi connectivity index (χ0n) is 15.2. The van der Waals surface area contributed by atoms with Crippen molar-refractivity contribution in [1.82, 2.24) is 10.6 Å². The molecule has 1 atom stereocenters. The van der Waals surface area contributed by atoms with Gasteiger partial charge in [-0.3, -0.25) is 4.79 Å². The Morgan fingerprint density at radius 3 is 2.58 bits per heavy atom. The molecule has 1 aliphatic carbocycles. The zero-order valence-corrected chi connectivity index (χ0v) is 16.8. The quantitative estimate of drug-likeness (QED) is 0.684. The minimum atomic E-state index is 0.0339. The summed E-state index contributed by atoms with van der Waals surface area (Å²) in [5.41, 5.74) is 2.57. The van der Waals surface area contributed by atoms with E-state index in [-0.39, 0.29) is 17.4 Å². The van der Waals surface area contributed by atoms with Gasteiger partial charge in [0.1, 0.15) is 5.75 Å². The second-order valence-corrected chi connectivity index (χ2v) is 7.77.